The Morgan fingerprint density at radius 3 is 2.54 bits per heavy atom. The number of aromatic nitrogens is 2. The maximum Gasteiger partial charge on any atom is 0.356 e. The highest BCUT2D eigenvalue weighted by Gasteiger charge is 2.32. The summed E-state index contributed by atoms with van der Waals surface area (Å²) in [5.74, 6) is -0.567. The number of aromatic carboxylic acids is 1. The van der Waals surface area contributed by atoms with E-state index in [1.807, 2.05) is 6.07 Å². The van der Waals surface area contributed by atoms with Crippen molar-refractivity contribution >= 4 is 5.97 Å². The minimum atomic E-state index is -1.15. The average Bonchev–Trinajstić information content (AvgIpc) is 3.17. The van der Waals surface area contributed by atoms with Gasteiger partial charge in [-0.2, -0.15) is 5.10 Å². The number of rotatable bonds is 4. The topological polar surface area (TPSA) is 73.6 Å². The van der Waals surface area contributed by atoms with Gasteiger partial charge in [-0.05, 0) is 29.8 Å². The first-order chi connectivity index (χ1) is 12.5. The lowest BCUT2D eigenvalue weighted by Crippen LogP contribution is -2.05. The highest BCUT2D eigenvalue weighted by molar-refractivity contribution is 5.92. The molecule has 0 saturated carbocycles. The quantitative estimate of drug-likeness (QED) is 0.609. The maximum atomic E-state index is 14.3. The summed E-state index contributed by atoms with van der Waals surface area (Å²) in [7, 11) is 3.06. The molecule has 0 spiro atoms. The van der Waals surface area contributed by atoms with Crippen molar-refractivity contribution in [1.82, 2.24) is 9.78 Å². The van der Waals surface area contributed by atoms with Crippen LogP contribution in [0.2, 0.25) is 0 Å². The van der Waals surface area contributed by atoms with Crippen LogP contribution in [-0.2, 0) is 6.42 Å². The summed E-state index contributed by atoms with van der Waals surface area (Å²) in [5.41, 5.74) is 2.84. The molecular weight excluding hydrogens is 339 g/mol. The van der Waals surface area contributed by atoms with Gasteiger partial charge in [0.25, 0.3) is 0 Å². The summed E-state index contributed by atoms with van der Waals surface area (Å²) in [4.78, 5) is 11.7. The number of para-hydroxylation sites is 1. The fourth-order valence-electron chi connectivity index (χ4n) is 3.34. The Bertz CT molecular complexity index is 1040. The molecule has 0 unspecified atom stereocenters. The van der Waals surface area contributed by atoms with Gasteiger partial charge in [0.2, 0.25) is 0 Å². The van der Waals surface area contributed by atoms with Crippen LogP contribution in [0, 0.1) is 5.82 Å². The second kappa shape index (κ2) is 5.87. The van der Waals surface area contributed by atoms with E-state index in [0.717, 1.165) is 11.1 Å². The van der Waals surface area contributed by atoms with Gasteiger partial charge in [-0.1, -0.05) is 12.1 Å². The molecule has 1 heterocycles. The molecule has 0 fully saturated rings. The summed E-state index contributed by atoms with van der Waals surface area (Å²) in [6.45, 7) is 0. The van der Waals surface area contributed by atoms with Gasteiger partial charge in [-0.15, -0.1) is 0 Å². The van der Waals surface area contributed by atoms with Crippen molar-refractivity contribution < 1.29 is 23.8 Å². The molecule has 7 heteroatoms. The Morgan fingerprint density at radius 2 is 1.88 bits per heavy atom. The Kier molecular flexibility index (Phi) is 3.64. The minimum absolute atomic E-state index is 0.0858. The monoisotopic (exact) mass is 354 g/mol. The van der Waals surface area contributed by atoms with Crippen molar-refractivity contribution in [3.8, 4) is 28.4 Å². The second-order valence-corrected chi connectivity index (χ2v) is 5.89. The number of nitrogens with zero attached hydrogens (tertiary/aromatic N) is 2. The van der Waals surface area contributed by atoms with Crippen LogP contribution in [0.25, 0.3) is 16.9 Å². The molecule has 0 bridgehead atoms. The van der Waals surface area contributed by atoms with Gasteiger partial charge in [0.15, 0.2) is 17.2 Å². The molecule has 0 atom stereocenters. The molecule has 3 aromatic rings. The number of hydrogen-bond donors (Lipinski definition) is 1. The molecule has 0 aliphatic heterocycles. The van der Waals surface area contributed by atoms with E-state index in [1.54, 1.807) is 24.3 Å². The molecule has 4 rings (SSSR count). The van der Waals surface area contributed by atoms with Crippen molar-refractivity contribution in [3.05, 3.63) is 59.0 Å². The largest absolute Gasteiger partial charge is 0.493 e. The second-order valence-electron chi connectivity index (χ2n) is 5.89. The van der Waals surface area contributed by atoms with Crippen LogP contribution in [0.1, 0.15) is 21.6 Å². The Balaban J connectivity index is 2.02. The molecule has 6 nitrogen and oxygen atoms in total. The Hall–Kier alpha value is -3.35. The summed E-state index contributed by atoms with van der Waals surface area (Å²) >= 11 is 0. The van der Waals surface area contributed by atoms with Gasteiger partial charge < -0.3 is 14.6 Å². The van der Waals surface area contributed by atoms with Crippen LogP contribution in [0.15, 0.2) is 36.4 Å². The summed E-state index contributed by atoms with van der Waals surface area (Å²) in [6.07, 6.45) is 0.376. The van der Waals surface area contributed by atoms with E-state index >= 15 is 0 Å². The number of carbonyl (C=O) groups is 1. The molecule has 1 aliphatic carbocycles. The van der Waals surface area contributed by atoms with E-state index < -0.39 is 11.8 Å². The number of halogens is 1. The standard InChI is InChI=1S/C19H15FN2O4/c1-25-15-8-10-7-12-17(19(23)24)21-22(14-6-4-3-5-13(14)20)18(12)11(10)9-16(15)26-2/h3-6,8-9H,7H2,1-2H3,(H,23,24). The molecule has 2 aromatic carbocycles. The van der Waals surface area contributed by atoms with Gasteiger partial charge >= 0.3 is 5.97 Å². The van der Waals surface area contributed by atoms with E-state index in [1.165, 1.54) is 25.0 Å². The fourth-order valence-corrected chi connectivity index (χ4v) is 3.34. The third-order valence-corrected chi connectivity index (χ3v) is 4.50. The predicted octanol–water partition coefficient (Wildman–Crippen LogP) is 3.30. The first kappa shape index (κ1) is 16.1. The first-order valence-electron chi connectivity index (χ1n) is 7.90. The van der Waals surface area contributed by atoms with Gasteiger partial charge in [-0.3, -0.25) is 0 Å². The number of carboxylic acid groups (broad SMARTS) is 1. The molecule has 0 saturated heterocycles. The van der Waals surface area contributed by atoms with Crippen molar-refractivity contribution in [3.63, 3.8) is 0 Å². The SMILES string of the molecule is COc1cc2c(cc1OC)-c1c(c(C(=O)O)nn1-c1ccccc1F)C2. The van der Waals surface area contributed by atoms with Gasteiger partial charge in [-0.25, -0.2) is 13.9 Å². The lowest BCUT2D eigenvalue weighted by atomic mass is 10.1. The van der Waals surface area contributed by atoms with Crippen LogP contribution < -0.4 is 9.47 Å². The zero-order chi connectivity index (χ0) is 18.4. The number of benzene rings is 2. The van der Waals surface area contributed by atoms with Crippen LogP contribution in [0.5, 0.6) is 11.5 Å². The molecule has 26 heavy (non-hydrogen) atoms. The molecule has 132 valence electrons. The van der Waals surface area contributed by atoms with Crippen molar-refractivity contribution in [2.75, 3.05) is 14.2 Å². The third-order valence-electron chi connectivity index (χ3n) is 4.50. The normalized spacial score (nSPS) is 11.8. The number of carboxylic acids is 1. The lowest BCUT2D eigenvalue weighted by Gasteiger charge is -2.12. The third kappa shape index (κ3) is 2.24. The maximum absolute atomic E-state index is 14.3. The van der Waals surface area contributed by atoms with E-state index in [2.05, 4.69) is 5.10 Å². The average molecular weight is 354 g/mol. The van der Waals surface area contributed by atoms with Crippen LogP contribution in [-0.4, -0.2) is 35.1 Å². The van der Waals surface area contributed by atoms with E-state index in [0.29, 0.717) is 29.2 Å². The van der Waals surface area contributed by atoms with Gasteiger partial charge in [0, 0.05) is 17.5 Å². The Morgan fingerprint density at radius 1 is 1.19 bits per heavy atom. The van der Waals surface area contributed by atoms with Crippen LogP contribution in [0.4, 0.5) is 4.39 Å². The fraction of sp³-hybridized carbons (Fsp3) is 0.158. The highest BCUT2D eigenvalue weighted by Crippen LogP contribution is 2.44. The molecule has 0 amide bonds. The zero-order valence-corrected chi connectivity index (χ0v) is 14.1. The highest BCUT2D eigenvalue weighted by atomic mass is 19.1. The van der Waals surface area contributed by atoms with Gasteiger partial charge in [0.1, 0.15) is 11.5 Å². The predicted molar refractivity (Wildman–Crippen MR) is 91.8 cm³/mol. The summed E-state index contributed by atoms with van der Waals surface area (Å²) in [5, 5.41) is 13.7. The molecule has 1 N–H and O–H groups in total. The van der Waals surface area contributed by atoms with Crippen molar-refractivity contribution in [2.24, 2.45) is 0 Å². The Labute approximate surface area is 148 Å². The zero-order valence-electron chi connectivity index (χ0n) is 14.1. The van der Waals surface area contributed by atoms with E-state index in [-0.39, 0.29) is 11.4 Å². The number of methoxy groups -OCH3 is 2. The molecule has 1 aromatic heterocycles. The van der Waals surface area contributed by atoms with Crippen molar-refractivity contribution in [2.45, 2.75) is 6.42 Å². The summed E-state index contributed by atoms with van der Waals surface area (Å²) < 4.78 is 26.4. The van der Waals surface area contributed by atoms with E-state index in [4.69, 9.17) is 9.47 Å². The molecule has 0 radical (unpaired) electrons. The van der Waals surface area contributed by atoms with Gasteiger partial charge in [0.05, 0.1) is 19.9 Å². The number of hydrogen-bond acceptors (Lipinski definition) is 4. The van der Waals surface area contributed by atoms with E-state index in [9.17, 15) is 14.3 Å². The number of fused-ring (bicyclic) bond motifs is 3. The van der Waals surface area contributed by atoms with Crippen LogP contribution in [0.3, 0.4) is 0 Å². The van der Waals surface area contributed by atoms with Crippen molar-refractivity contribution in [1.29, 1.82) is 0 Å². The smallest absolute Gasteiger partial charge is 0.356 e. The summed E-state index contributed by atoms with van der Waals surface area (Å²) in [6, 6.07) is 9.71. The van der Waals surface area contributed by atoms with Crippen LogP contribution >= 0.6 is 0 Å². The first-order valence-corrected chi connectivity index (χ1v) is 7.90. The molecular formula is C19H15FN2O4. The minimum Gasteiger partial charge on any atom is -0.493 e. The lowest BCUT2D eigenvalue weighted by molar-refractivity contribution is 0.0689. The molecule has 1 aliphatic rings. The number of ether oxygens (including phenoxy) is 2.